The monoisotopic (exact) mass is 279 g/mol. The molecule has 4 atom stereocenters. The maximum absolute atomic E-state index is 13.6. The van der Waals surface area contributed by atoms with Crippen LogP contribution in [0.3, 0.4) is 0 Å². The number of halogens is 2. The molecule has 0 aliphatic heterocycles. The van der Waals surface area contributed by atoms with E-state index in [0.29, 0.717) is 16.9 Å². The number of hydrogen-bond acceptors (Lipinski definition) is 1. The predicted molar refractivity (Wildman–Crippen MR) is 70.5 cm³/mol. The first-order chi connectivity index (χ1) is 9.15. The molecule has 1 aromatic carbocycles. The Labute approximate surface area is 116 Å². The lowest BCUT2D eigenvalue weighted by molar-refractivity contribution is 0.0940. The van der Waals surface area contributed by atoms with Gasteiger partial charge in [0.05, 0.1) is 5.56 Å². The van der Waals surface area contributed by atoms with Crippen molar-refractivity contribution >= 4 is 17.5 Å². The van der Waals surface area contributed by atoms with Crippen LogP contribution in [-0.2, 0) is 0 Å². The van der Waals surface area contributed by atoms with Crippen molar-refractivity contribution in [2.45, 2.75) is 25.3 Å². The van der Waals surface area contributed by atoms with Crippen molar-refractivity contribution in [1.29, 1.82) is 0 Å². The average molecular weight is 280 g/mol. The Morgan fingerprint density at radius 3 is 2.63 bits per heavy atom. The van der Waals surface area contributed by atoms with E-state index >= 15 is 0 Å². The molecule has 1 amide bonds. The summed E-state index contributed by atoms with van der Waals surface area (Å²) in [5.74, 6) is 2.08. The highest BCUT2D eigenvalue weighted by Crippen LogP contribution is 2.65. The average Bonchev–Trinajstić information content (AvgIpc) is 2.80. The Hall–Kier alpha value is -1.09. The maximum atomic E-state index is 13.6. The van der Waals surface area contributed by atoms with Gasteiger partial charge >= 0.3 is 0 Å². The second kappa shape index (κ2) is 3.95. The lowest BCUT2D eigenvalue weighted by atomic mass is 10.0. The van der Waals surface area contributed by atoms with E-state index < -0.39 is 5.82 Å². The normalized spacial score (nSPS) is 38.1. The van der Waals surface area contributed by atoms with Crippen LogP contribution in [-0.4, -0.2) is 11.9 Å². The molecule has 100 valence electrons. The smallest absolute Gasteiger partial charge is 0.254 e. The fraction of sp³-hybridized carbons (Fsp3) is 0.533. The Morgan fingerprint density at radius 1 is 1.26 bits per heavy atom. The molecule has 3 aliphatic carbocycles. The molecule has 0 heterocycles. The van der Waals surface area contributed by atoms with Gasteiger partial charge in [0.15, 0.2) is 0 Å². The number of carbonyl (C=O) groups is 1. The number of hydrogen-bond donors (Lipinski definition) is 1. The summed E-state index contributed by atoms with van der Waals surface area (Å²) in [5, 5.41) is 3.39. The Balaban J connectivity index is 1.50. The zero-order valence-electron chi connectivity index (χ0n) is 10.4. The van der Waals surface area contributed by atoms with E-state index in [9.17, 15) is 9.18 Å². The van der Waals surface area contributed by atoms with Crippen LogP contribution in [0.4, 0.5) is 4.39 Å². The SMILES string of the molecule is O=C(NC1C2C3CCC(C3)C12)c1cc(Cl)ccc1F. The van der Waals surface area contributed by atoms with Gasteiger partial charge in [-0.25, -0.2) is 4.39 Å². The minimum Gasteiger partial charge on any atom is -0.349 e. The lowest BCUT2D eigenvalue weighted by Crippen LogP contribution is -2.30. The van der Waals surface area contributed by atoms with E-state index in [0.717, 1.165) is 11.8 Å². The van der Waals surface area contributed by atoms with Gasteiger partial charge in [-0.05, 0) is 61.1 Å². The van der Waals surface area contributed by atoms with Crippen molar-refractivity contribution in [3.05, 3.63) is 34.6 Å². The van der Waals surface area contributed by atoms with Gasteiger partial charge in [0, 0.05) is 11.1 Å². The van der Waals surface area contributed by atoms with Crippen LogP contribution in [0.2, 0.25) is 5.02 Å². The third-order valence-corrected chi connectivity index (χ3v) is 5.44. The molecule has 0 aromatic heterocycles. The van der Waals surface area contributed by atoms with Crippen LogP contribution >= 0.6 is 11.6 Å². The van der Waals surface area contributed by atoms with Crippen molar-refractivity contribution in [2.75, 3.05) is 0 Å². The van der Waals surface area contributed by atoms with Crippen molar-refractivity contribution in [2.24, 2.45) is 23.7 Å². The Morgan fingerprint density at radius 2 is 1.95 bits per heavy atom. The molecule has 4 rings (SSSR count). The largest absolute Gasteiger partial charge is 0.349 e. The zero-order chi connectivity index (χ0) is 13.1. The van der Waals surface area contributed by atoms with E-state index in [4.69, 9.17) is 11.6 Å². The van der Waals surface area contributed by atoms with Gasteiger partial charge < -0.3 is 5.32 Å². The highest BCUT2D eigenvalue weighted by Gasteiger charge is 2.65. The Kier molecular flexibility index (Phi) is 2.44. The fourth-order valence-corrected chi connectivity index (χ4v) is 4.59. The van der Waals surface area contributed by atoms with Crippen molar-refractivity contribution in [3.8, 4) is 0 Å². The second-order valence-corrected chi connectivity index (χ2v) is 6.55. The molecule has 1 aromatic rings. The van der Waals surface area contributed by atoms with Crippen molar-refractivity contribution in [3.63, 3.8) is 0 Å². The summed E-state index contributed by atoms with van der Waals surface area (Å²) in [6, 6.07) is 4.38. The summed E-state index contributed by atoms with van der Waals surface area (Å²) in [4.78, 5) is 12.1. The molecule has 4 unspecified atom stereocenters. The number of amides is 1. The second-order valence-electron chi connectivity index (χ2n) is 6.11. The summed E-state index contributed by atoms with van der Waals surface area (Å²) in [6.45, 7) is 0. The molecule has 0 radical (unpaired) electrons. The number of fused-ring (bicyclic) bond motifs is 5. The Bertz CT molecular complexity index is 545. The number of rotatable bonds is 2. The van der Waals surface area contributed by atoms with Gasteiger partial charge in [0.1, 0.15) is 5.82 Å². The van der Waals surface area contributed by atoms with Crippen LogP contribution in [0.1, 0.15) is 29.6 Å². The molecule has 3 aliphatic rings. The third-order valence-electron chi connectivity index (χ3n) is 5.21. The topological polar surface area (TPSA) is 29.1 Å². The molecule has 1 N–H and O–H groups in total. The maximum Gasteiger partial charge on any atom is 0.254 e. The number of nitrogens with one attached hydrogen (secondary N) is 1. The molecule has 3 saturated carbocycles. The van der Waals surface area contributed by atoms with Crippen LogP contribution in [0.25, 0.3) is 0 Å². The molecule has 2 bridgehead atoms. The first-order valence-corrected chi connectivity index (χ1v) is 7.29. The molecule has 4 heteroatoms. The van der Waals surface area contributed by atoms with E-state index in [2.05, 4.69) is 5.32 Å². The van der Waals surface area contributed by atoms with Crippen LogP contribution in [0, 0.1) is 29.5 Å². The van der Waals surface area contributed by atoms with Crippen LogP contribution in [0.5, 0.6) is 0 Å². The quantitative estimate of drug-likeness (QED) is 0.885. The molecule has 0 spiro atoms. The summed E-state index contributed by atoms with van der Waals surface area (Å²) < 4.78 is 13.6. The van der Waals surface area contributed by atoms with E-state index in [1.807, 2.05) is 0 Å². The van der Waals surface area contributed by atoms with E-state index in [-0.39, 0.29) is 17.5 Å². The fourth-order valence-electron chi connectivity index (χ4n) is 4.42. The van der Waals surface area contributed by atoms with E-state index in [1.54, 1.807) is 0 Å². The number of benzene rings is 1. The van der Waals surface area contributed by atoms with Crippen LogP contribution in [0.15, 0.2) is 18.2 Å². The van der Waals surface area contributed by atoms with Crippen molar-refractivity contribution in [1.82, 2.24) is 5.32 Å². The third kappa shape index (κ3) is 1.71. The molecular weight excluding hydrogens is 265 g/mol. The summed E-state index contributed by atoms with van der Waals surface area (Å²) >= 11 is 5.82. The minimum atomic E-state index is -0.504. The summed E-state index contributed by atoms with van der Waals surface area (Å²) in [6.07, 6.45) is 3.96. The molecular formula is C15H15ClFNO. The van der Waals surface area contributed by atoms with Gasteiger partial charge in [-0.15, -0.1) is 0 Å². The standard InChI is InChI=1S/C15H15ClFNO/c16-9-3-4-11(17)10(6-9)15(19)18-14-12-7-1-2-8(5-7)13(12)14/h3-4,6-8,12-14H,1-2,5H2,(H,18,19). The van der Waals surface area contributed by atoms with Gasteiger partial charge in [-0.1, -0.05) is 11.6 Å². The highest BCUT2D eigenvalue weighted by atomic mass is 35.5. The van der Waals surface area contributed by atoms with E-state index in [1.165, 1.54) is 37.5 Å². The predicted octanol–water partition coefficient (Wildman–Crippen LogP) is 3.25. The molecule has 3 fully saturated rings. The number of carbonyl (C=O) groups excluding carboxylic acids is 1. The highest BCUT2D eigenvalue weighted by molar-refractivity contribution is 6.31. The van der Waals surface area contributed by atoms with Gasteiger partial charge in [-0.3, -0.25) is 4.79 Å². The summed E-state index contributed by atoms with van der Waals surface area (Å²) in [7, 11) is 0. The van der Waals surface area contributed by atoms with Gasteiger partial charge in [0.2, 0.25) is 0 Å². The lowest BCUT2D eigenvalue weighted by Gasteiger charge is -2.11. The van der Waals surface area contributed by atoms with Gasteiger partial charge in [0.25, 0.3) is 5.91 Å². The van der Waals surface area contributed by atoms with Crippen LogP contribution < -0.4 is 5.32 Å². The zero-order valence-corrected chi connectivity index (χ0v) is 11.2. The first-order valence-electron chi connectivity index (χ1n) is 6.91. The van der Waals surface area contributed by atoms with Gasteiger partial charge in [-0.2, -0.15) is 0 Å². The summed E-state index contributed by atoms with van der Waals surface area (Å²) in [5.41, 5.74) is 0.0600. The van der Waals surface area contributed by atoms with Crippen molar-refractivity contribution < 1.29 is 9.18 Å². The molecule has 19 heavy (non-hydrogen) atoms. The first kappa shape index (κ1) is 11.7. The molecule has 0 saturated heterocycles. The minimum absolute atomic E-state index is 0.0600. The molecule has 2 nitrogen and oxygen atoms in total.